The van der Waals surface area contributed by atoms with Crippen LogP contribution in [0.3, 0.4) is 0 Å². The Bertz CT molecular complexity index is 570. The number of nitrogens with two attached hydrogens (primary N) is 1. The van der Waals surface area contributed by atoms with E-state index >= 15 is 0 Å². The van der Waals surface area contributed by atoms with Gasteiger partial charge < -0.3 is 15.0 Å². The lowest BCUT2D eigenvalue weighted by atomic mass is 10.2. The maximum absolute atomic E-state index is 5.96. The van der Waals surface area contributed by atoms with Crippen LogP contribution < -0.4 is 10.5 Å². The number of rotatable bonds is 7. The van der Waals surface area contributed by atoms with Crippen molar-refractivity contribution < 1.29 is 4.74 Å². The average Bonchev–Trinajstić information content (AvgIpc) is 3.16. The Morgan fingerprint density at radius 3 is 3.09 bits per heavy atom. The SMILES string of the molecule is NC1CCN(Cc2cccc(OCCCn3ccnc3)c2)C1. The van der Waals surface area contributed by atoms with Gasteiger partial charge >= 0.3 is 0 Å². The second-order valence-electron chi connectivity index (χ2n) is 5.93. The van der Waals surface area contributed by atoms with Crippen molar-refractivity contribution in [3.8, 4) is 5.75 Å². The lowest BCUT2D eigenvalue weighted by Gasteiger charge is -2.16. The van der Waals surface area contributed by atoms with E-state index in [2.05, 4.69) is 32.7 Å². The van der Waals surface area contributed by atoms with Crippen molar-refractivity contribution in [3.05, 3.63) is 48.5 Å². The summed E-state index contributed by atoms with van der Waals surface area (Å²) in [7, 11) is 0. The molecule has 118 valence electrons. The molecule has 1 fully saturated rings. The van der Waals surface area contributed by atoms with Gasteiger partial charge in [-0.15, -0.1) is 0 Å². The van der Waals surface area contributed by atoms with E-state index in [0.29, 0.717) is 6.04 Å². The summed E-state index contributed by atoms with van der Waals surface area (Å²) in [5.74, 6) is 0.951. The van der Waals surface area contributed by atoms with Gasteiger partial charge in [0.15, 0.2) is 0 Å². The van der Waals surface area contributed by atoms with Crippen molar-refractivity contribution in [2.75, 3.05) is 19.7 Å². The zero-order valence-electron chi connectivity index (χ0n) is 12.9. The van der Waals surface area contributed by atoms with Gasteiger partial charge in [-0.05, 0) is 30.5 Å². The number of imidazole rings is 1. The van der Waals surface area contributed by atoms with Crippen molar-refractivity contribution in [2.45, 2.75) is 32.0 Å². The van der Waals surface area contributed by atoms with Crippen molar-refractivity contribution in [1.82, 2.24) is 14.5 Å². The summed E-state index contributed by atoms with van der Waals surface area (Å²) < 4.78 is 7.92. The smallest absolute Gasteiger partial charge is 0.119 e. The van der Waals surface area contributed by atoms with Crippen molar-refractivity contribution in [1.29, 1.82) is 0 Å². The predicted octanol–water partition coefficient (Wildman–Crippen LogP) is 1.89. The van der Waals surface area contributed by atoms with Crippen molar-refractivity contribution in [2.24, 2.45) is 5.73 Å². The van der Waals surface area contributed by atoms with E-state index in [1.807, 2.05) is 18.6 Å². The molecule has 0 saturated carbocycles. The summed E-state index contributed by atoms with van der Waals surface area (Å²) in [6.45, 7) is 4.70. The fourth-order valence-corrected chi connectivity index (χ4v) is 2.85. The molecule has 0 aliphatic carbocycles. The van der Waals surface area contributed by atoms with Gasteiger partial charge in [-0.25, -0.2) is 4.98 Å². The van der Waals surface area contributed by atoms with Gasteiger partial charge in [0.1, 0.15) is 5.75 Å². The van der Waals surface area contributed by atoms with Crippen LogP contribution in [-0.4, -0.2) is 40.2 Å². The Hall–Kier alpha value is -1.85. The molecule has 1 atom stereocenters. The van der Waals surface area contributed by atoms with Crippen LogP contribution in [0.15, 0.2) is 43.0 Å². The maximum Gasteiger partial charge on any atom is 0.119 e. The molecular formula is C17H24N4O. The zero-order valence-corrected chi connectivity index (χ0v) is 12.9. The molecule has 1 saturated heterocycles. The van der Waals surface area contributed by atoms with Crippen LogP contribution in [0.1, 0.15) is 18.4 Å². The summed E-state index contributed by atoms with van der Waals surface area (Å²) in [5, 5.41) is 0. The van der Waals surface area contributed by atoms with Crippen LogP contribution in [0, 0.1) is 0 Å². The molecule has 1 aromatic carbocycles. The molecule has 1 unspecified atom stereocenters. The third-order valence-corrected chi connectivity index (χ3v) is 4.00. The largest absolute Gasteiger partial charge is 0.494 e. The monoisotopic (exact) mass is 300 g/mol. The van der Waals surface area contributed by atoms with E-state index in [0.717, 1.165) is 51.4 Å². The zero-order chi connectivity index (χ0) is 15.2. The third-order valence-electron chi connectivity index (χ3n) is 4.00. The third kappa shape index (κ3) is 4.32. The van der Waals surface area contributed by atoms with Crippen molar-refractivity contribution in [3.63, 3.8) is 0 Å². The number of ether oxygens (including phenoxy) is 1. The minimum absolute atomic E-state index is 0.336. The van der Waals surface area contributed by atoms with Crippen LogP contribution in [0.2, 0.25) is 0 Å². The summed E-state index contributed by atoms with van der Waals surface area (Å²) in [6, 6.07) is 8.72. The molecule has 1 aromatic heterocycles. The minimum Gasteiger partial charge on any atom is -0.494 e. The second-order valence-corrected chi connectivity index (χ2v) is 5.93. The number of likely N-dealkylation sites (tertiary alicyclic amines) is 1. The van der Waals surface area contributed by atoms with E-state index < -0.39 is 0 Å². The lowest BCUT2D eigenvalue weighted by molar-refractivity contribution is 0.299. The highest BCUT2D eigenvalue weighted by Gasteiger charge is 2.18. The summed E-state index contributed by atoms with van der Waals surface area (Å²) >= 11 is 0. The highest BCUT2D eigenvalue weighted by atomic mass is 16.5. The van der Waals surface area contributed by atoms with Gasteiger partial charge in [0, 0.05) is 44.6 Å². The number of benzene rings is 1. The van der Waals surface area contributed by atoms with Crippen molar-refractivity contribution >= 4 is 0 Å². The fraction of sp³-hybridized carbons (Fsp3) is 0.471. The highest BCUT2D eigenvalue weighted by molar-refractivity contribution is 5.28. The maximum atomic E-state index is 5.96. The Balaban J connectivity index is 1.44. The molecule has 3 rings (SSSR count). The second kappa shape index (κ2) is 7.42. The molecule has 0 spiro atoms. The Labute approximate surface area is 131 Å². The highest BCUT2D eigenvalue weighted by Crippen LogP contribution is 2.17. The van der Waals surface area contributed by atoms with Gasteiger partial charge in [0.2, 0.25) is 0 Å². The molecule has 1 aliphatic heterocycles. The fourth-order valence-electron chi connectivity index (χ4n) is 2.85. The number of aromatic nitrogens is 2. The number of hydrogen-bond acceptors (Lipinski definition) is 4. The molecule has 1 aliphatic rings. The quantitative estimate of drug-likeness (QED) is 0.793. The molecule has 5 nitrogen and oxygen atoms in total. The molecule has 2 heterocycles. The predicted molar refractivity (Wildman–Crippen MR) is 86.7 cm³/mol. The van der Waals surface area contributed by atoms with E-state index in [-0.39, 0.29) is 0 Å². The van der Waals surface area contributed by atoms with E-state index in [9.17, 15) is 0 Å². The van der Waals surface area contributed by atoms with Gasteiger partial charge in [0.05, 0.1) is 12.9 Å². The molecule has 0 radical (unpaired) electrons. The first-order chi connectivity index (χ1) is 10.8. The lowest BCUT2D eigenvalue weighted by Crippen LogP contribution is -2.26. The van der Waals surface area contributed by atoms with Gasteiger partial charge in [-0.1, -0.05) is 12.1 Å². The van der Waals surface area contributed by atoms with E-state index in [4.69, 9.17) is 10.5 Å². The summed E-state index contributed by atoms with van der Waals surface area (Å²) in [6.07, 6.45) is 7.68. The summed E-state index contributed by atoms with van der Waals surface area (Å²) in [4.78, 5) is 6.44. The van der Waals surface area contributed by atoms with Crippen LogP contribution in [-0.2, 0) is 13.1 Å². The molecule has 2 aromatic rings. The number of aryl methyl sites for hydroxylation is 1. The first-order valence-electron chi connectivity index (χ1n) is 7.95. The van der Waals surface area contributed by atoms with E-state index in [1.54, 1.807) is 6.20 Å². The normalized spacial score (nSPS) is 18.7. The molecular weight excluding hydrogens is 276 g/mol. The minimum atomic E-state index is 0.336. The molecule has 0 bridgehead atoms. The molecule has 5 heteroatoms. The van der Waals surface area contributed by atoms with Gasteiger partial charge in [-0.3, -0.25) is 4.90 Å². The Kier molecular flexibility index (Phi) is 5.08. The van der Waals surface area contributed by atoms with Crippen LogP contribution in [0.4, 0.5) is 0 Å². The Morgan fingerprint density at radius 1 is 1.36 bits per heavy atom. The first-order valence-corrected chi connectivity index (χ1v) is 7.95. The number of hydrogen-bond donors (Lipinski definition) is 1. The van der Waals surface area contributed by atoms with Crippen LogP contribution >= 0.6 is 0 Å². The molecule has 22 heavy (non-hydrogen) atoms. The average molecular weight is 300 g/mol. The van der Waals surface area contributed by atoms with Gasteiger partial charge in [-0.2, -0.15) is 0 Å². The summed E-state index contributed by atoms with van der Waals surface area (Å²) in [5.41, 5.74) is 7.25. The van der Waals surface area contributed by atoms with Gasteiger partial charge in [0.25, 0.3) is 0 Å². The molecule has 2 N–H and O–H groups in total. The number of nitrogens with zero attached hydrogens (tertiary/aromatic N) is 3. The Morgan fingerprint density at radius 2 is 2.32 bits per heavy atom. The molecule has 0 amide bonds. The van der Waals surface area contributed by atoms with Crippen LogP contribution in [0.5, 0.6) is 5.75 Å². The topological polar surface area (TPSA) is 56.3 Å². The van der Waals surface area contributed by atoms with Crippen LogP contribution in [0.25, 0.3) is 0 Å². The van der Waals surface area contributed by atoms with E-state index in [1.165, 1.54) is 5.56 Å². The standard InChI is InChI=1S/C17H24N4O/c18-16-5-8-21(13-16)12-15-3-1-4-17(11-15)22-10-2-7-20-9-6-19-14-20/h1,3-4,6,9,11,14,16H,2,5,7-8,10,12-13,18H2. The first kappa shape index (κ1) is 15.1.